The number of amides is 1. The molecule has 2 bridgehead atoms. The predicted molar refractivity (Wildman–Crippen MR) is 86.0 cm³/mol. The molecule has 2 fully saturated rings. The Kier molecular flexibility index (Phi) is 4.31. The van der Waals surface area contributed by atoms with Crippen molar-refractivity contribution in [1.82, 2.24) is 5.32 Å². The zero-order valence-electron chi connectivity index (χ0n) is 13.0. The van der Waals surface area contributed by atoms with Crippen molar-refractivity contribution in [1.29, 1.82) is 0 Å². The van der Waals surface area contributed by atoms with Crippen LogP contribution in [0.2, 0.25) is 0 Å². The summed E-state index contributed by atoms with van der Waals surface area (Å²) in [6.45, 7) is -0.323. The van der Waals surface area contributed by atoms with Gasteiger partial charge in [0.2, 0.25) is 15.9 Å². The van der Waals surface area contributed by atoms with E-state index in [1.54, 1.807) is 0 Å². The molecule has 0 unspecified atom stereocenters. The van der Waals surface area contributed by atoms with Crippen molar-refractivity contribution in [3.8, 4) is 0 Å². The fourth-order valence-electron chi connectivity index (χ4n) is 3.84. The number of anilines is 1. The first-order valence-corrected chi connectivity index (χ1v) is 9.70. The molecule has 126 valence electrons. The summed E-state index contributed by atoms with van der Waals surface area (Å²) in [5, 5.41) is 2.96. The van der Waals surface area contributed by atoms with Crippen LogP contribution < -0.4 is 9.62 Å². The zero-order chi connectivity index (χ0) is 16.6. The first-order chi connectivity index (χ1) is 10.8. The number of benzene rings is 1. The minimum atomic E-state index is -3.67. The minimum absolute atomic E-state index is 0.148. The Morgan fingerprint density at radius 1 is 1.35 bits per heavy atom. The van der Waals surface area contributed by atoms with Crippen LogP contribution in [0.1, 0.15) is 25.7 Å². The van der Waals surface area contributed by atoms with Crippen LogP contribution in [0.5, 0.6) is 0 Å². The van der Waals surface area contributed by atoms with Crippen LogP contribution in [0.4, 0.5) is 10.1 Å². The first-order valence-electron chi connectivity index (χ1n) is 7.85. The van der Waals surface area contributed by atoms with Crippen LogP contribution >= 0.6 is 0 Å². The maximum Gasteiger partial charge on any atom is 0.241 e. The van der Waals surface area contributed by atoms with Gasteiger partial charge in [-0.15, -0.1) is 0 Å². The lowest BCUT2D eigenvalue weighted by Gasteiger charge is -2.26. The number of rotatable bonds is 5. The highest BCUT2D eigenvalue weighted by Crippen LogP contribution is 2.44. The summed E-state index contributed by atoms with van der Waals surface area (Å²) in [5.74, 6) is 0.339. The zero-order valence-corrected chi connectivity index (χ0v) is 13.9. The molecular weight excluding hydrogens is 319 g/mol. The second kappa shape index (κ2) is 6.11. The van der Waals surface area contributed by atoms with Crippen molar-refractivity contribution in [3.63, 3.8) is 0 Å². The Morgan fingerprint density at radius 3 is 2.70 bits per heavy atom. The van der Waals surface area contributed by atoms with Crippen LogP contribution in [-0.2, 0) is 14.8 Å². The number of halogens is 1. The van der Waals surface area contributed by atoms with Gasteiger partial charge in [0.1, 0.15) is 12.4 Å². The van der Waals surface area contributed by atoms with E-state index in [0.717, 1.165) is 35.9 Å². The van der Waals surface area contributed by atoms with Crippen molar-refractivity contribution < 1.29 is 17.6 Å². The van der Waals surface area contributed by atoms with Crippen LogP contribution in [0.25, 0.3) is 0 Å². The van der Waals surface area contributed by atoms with Gasteiger partial charge in [0.15, 0.2) is 0 Å². The summed E-state index contributed by atoms with van der Waals surface area (Å²) in [7, 11) is -3.67. The van der Waals surface area contributed by atoms with Gasteiger partial charge in [-0.25, -0.2) is 12.8 Å². The van der Waals surface area contributed by atoms with Crippen LogP contribution in [-0.4, -0.2) is 33.2 Å². The average Bonchev–Trinajstić information content (AvgIpc) is 3.06. The molecule has 1 N–H and O–H groups in total. The van der Waals surface area contributed by atoms with Gasteiger partial charge in [0.25, 0.3) is 0 Å². The number of hydrogen-bond acceptors (Lipinski definition) is 3. The van der Waals surface area contributed by atoms with Crippen molar-refractivity contribution in [3.05, 3.63) is 30.1 Å². The van der Waals surface area contributed by atoms with E-state index < -0.39 is 15.8 Å². The van der Waals surface area contributed by atoms with Gasteiger partial charge in [-0.2, -0.15) is 0 Å². The molecule has 1 amide bonds. The lowest BCUT2D eigenvalue weighted by Crippen LogP contribution is -2.45. The average molecular weight is 340 g/mol. The largest absolute Gasteiger partial charge is 0.352 e. The third kappa shape index (κ3) is 3.65. The lowest BCUT2D eigenvalue weighted by atomic mass is 9.95. The van der Waals surface area contributed by atoms with E-state index in [1.807, 2.05) is 0 Å². The maximum atomic E-state index is 13.4. The third-order valence-corrected chi connectivity index (χ3v) is 6.01. The van der Waals surface area contributed by atoms with Crippen LogP contribution in [0, 0.1) is 17.7 Å². The monoisotopic (exact) mass is 340 g/mol. The molecule has 7 heteroatoms. The molecule has 0 aliphatic heterocycles. The summed E-state index contributed by atoms with van der Waals surface area (Å²) < 4.78 is 38.2. The maximum absolute atomic E-state index is 13.4. The number of carbonyl (C=O) groups is 1. The highest BCUT2D eigenvalue weighted by molar-refractivity contribution is 7.92. The molecule has 23 heavy (non-hydrogen) atoms. The van der Waals surface area contributed by atoms with E-state index in [-0.39, 0.29) is 24.2 Å². The number of nitrogens with zero attached hydrogens (tertiary/aromatic N) is 1. The van der Waals surface area contributed by atoms with Crippen LogP contribution in [0.3, 0.4) is 0 Å². The molecule has 2 saturated carbocycles. The summed E-state index contributed by atoms with van der Waals surface area (Å²) >= 11 is 0. The normalized spacial score (nSPS) is 26.3. The highest BCUT2D eigenvalue weighted by Gasteiger charge is 2.40. The highest BCUT2D eigenvalue weighted by atomic mass is 32.2. The molecule has 0 aromatic heterocycles. The van der Waals surface area contributed by atoms with E-state index in [9.17, 15) is 17.6 Å². The Morgan fingerprint density at radius 2 is 2.13 bits per heavy atom. The third-order valence-electron chi connectivity index (χ3n) is 4.87. The molecule has 1 aromatic rings. The van der Waals surface area contributed by atoms with Gasteiger partial charge in [-0.1, -0.05) is 12.5 Å². The lowest BCUT2D eigenvalue weighted by molar-refractivity contribution is -0.120. The number of carbonyl (C=O) groups excluding carboxylic acids is 1. The molecule has 0 radical (unpaired) electrons. The molecule has 0 saturated heterocycles. The second-order valence-electron chi connectivity index (χ2n) is 6.60. The molecule has 5 nitrogen and oxygen atoms in total. The fourth-order valence-corrected chi connectivity index (χ4v) is 4.68. The van der Waals surface area contributed by atoms with Gasteiger partial charge in [0.05, 0.1) is 11.9 Å². The van der Waals surface area contributed by atoms with Crippen molar-refractivity contribution in [2.45, 2.75) is 31.7 Å². The molecule has 3 rings (SSSR count). The number of fused-ring (bicyclic) bond motifs is 2. The Balaban J connectivity index is 1.70. The number of hydrogen-bond donors (Lipinski definition) is 1. The molecule has 0 heterocycles. The first kappa shape index (κ1) is 16.2. The van der Waals surface area contributed by atoms with E-state index in [4.69, 9.17) is 0 Å². The number of nitrogens with one attached hydrogen (secondary N) is 1. The van der Waals surface area contributed by atoms with Gasteiger partial charge >= 0.3 is 0 Å². The van der Waals surface area contributed by atoms with Gasteiger partial charge in [-0.05, 0) is 49.3 Å². The molecular formula is C16H21FN2O3S. The summed E-state index contributed by atoms with van der Waals surface area (Å²) in [5.41, 5.74) is 0.163. The van der Waals surface area contributed by atoms with Crippen molar-refractivity contribution in [2.75, 3.05) is 17.1 Å². The van der Waals surface area contributed by atoms with E-state index in [0.29, 0.717) is 11.8 Å². The van der Waals surface area contributed by atoms with Crippen molar-refractivity contribution >= 4 is 21.6 Å². The van der Waals surface area contributed by atoms with Gasteiger partial charge in [0, 0.05) is 6.04 Å². The molecule has 2 aliphatic rings. The molecule has 3 atom stereocenters. The SMILES string of the molecule is CS(=O)(=O)N(CC(=O)N[C@@H]1C[C@@H]2CC[C@H]1C2)c1cccc(F)c1. The van der Waals surface area contributed by atoms with E-state index in [1.165, 1.54) is 24.6 Å². The fraction of sp³-hybridized carbons (Fsp3) is 0.562. The molecule has 0 spiro atoms. The second-order valence-corrected chi connectivity index (χ2v) is 8.51. The Hall–Kier alpha value is -1.63. The quantitative estimate of drug-likeness (QED) is 0.890. The van der Waals surface area contributed by atoms with Gasteiger partial charge in [-0.3, -0.25) is 9.10 Å². The molecule has 2 aliphatic carbocycles. The summed E-state index contributed by atoms with van der Waals surface area (Å²) in [6.07, 6.45) is 5.52. The van der Waals surface area contributed by atoms with E-state index in [2.05, 4.69) is 5.32 Å². The Labute approximate surface area is 135 Å². The minimum Gasteiger partial charge on any atom is -0.352 e. The standard InChI is InChI=1S/C16H21FN2O3S/c1-23(21,22)19(14-4-2-3-13(17)9-14)10-16(20)18-15-8-11-5-6-12(15)7-11/h2-4,9,11-12,15H,5-8,10H2,1H3,(H,18,20)/t11-,12+,15-/m1/s1. The topological polar surface area (TPSA) is 66.5 Å². The van der Waals surface area contributed by atoms with Gasteiger partial charge < -0.3 is 5.32 Å². The summed E-state index contributed by atoms with van der Waals surface area (Å²) in [6, 6.07) is 5.41. The summed E-state index contributed by atoms with van der Waals surface area (Å²) in [4.78, 5) is 12.3. The molecule has 1 aromatic carbocycles. The van der Waals surface area contributed by atoms with Crippen molar-refractivity contribution in [2.24, 2.45) is 11.8 Å². The van der Waals surface area contributed by atoms with E-state index >= 15 is 0 Å². The van der Waals surface area contributed by atoms with Crippen LogP contribution in [0.15, 0.2) is 24.3 Å². The predicted octanol–water partition coefficient (Wildman–Crippen LogP) is 1.90. The Bertz CT molecular complexity index is 707. The smallest absolute Gasteiger partial charge is 0.241 e. The number of sulfonamides is 1.